The van der Waals surface area contributed by atoms with Gasteiger partial charge in [-0.25, -0.2) is 9.97 Å². The van der Waals surface area contributed by atoms with Gasteiger partial charge in [-0.2, -0.15) is 0 Å². The summed E-state index contributed by atoms with van der Waals surface area (Å²) in [6.45, 7) is 5.23. The molecule has 136 valence electrons. The summed E-state index contributed by atoms with van der Waals surface area (Å²) in [4.78, 5) is 32.7. The molecule has 9 heteroatoms. The molecule has 0 bridgehead atoms. The zero-order chi connectivity index (χ0) is 18.7. The summed E-state index contributed by atoms with van der Waals surface area (Å²) in [5.41, 5.74) is 6.26. The Labute approximate surface area is 149 Å². The van der Waals surface area contributed by atoms with Crippen molar-refractivity contribution in [3.05, 3.63) is 42.2 Å². The number of carbonyl (C=O) groups is 2. The van der Waals surface area contributed by atoms with Crippen LogP contribution in [0.5, 0.6) is 0 Å². The number of primary amides is 1. The van der Waals surface area contributed by atoms with Crippen molar-refractivity contribution >= 4 is 17.5 Å². The monoisotopic (exact) mass is 356 g/mol. The summed E-state index contributed by atoms with van der Waals surface area (Å²) in [6.07, 6.45) is 2.86. The molecule has 0 spiro atoms. The quantitative estimate of drug-likeness (QED) is 0.575. The summed E-state index contributed by atoms with van der Waals surface area (Å²) in [6, 6.07) is 5.14. The number of nitrogens with two attached hydrogens (primary N) is 1. The van der Waals surface area contributed by atoms with Crippen molar-refractivity contribution in [1.29, 1.82) is 0 Å². The Balaban J connectivity index is 2.02. The number of hydrogen-bond acceptors (Lipinski definition) is 6. The maximum Gasteiger partial charge on any atom is 0.271 e. The molecule has 0 fully saturated rings. The second kappa shape index (κ2) is 7.36. The van der Waals surface area contributed by atoms with Crippen molar-refractivity contribution in [2.24, 2.45) is 5.73 Å². The highest BCUT2D eigenvalue weighted by atomic mass is 16.3. The molecular weight excluding hydrogens is 336 g/mol. The fourth-order valence-corrected chi connectivity index (χ4v) is 2.63. The first-order valence-corrected chi connectivity index (χ1v) is 8.24. The number of fused-ring (bicyclic) bond motifs is 1. The number of rotatable bonds is 7. The number of amides is 2. The molecule has 4 N–H and O–H groups in total. The van der Waals surface area contributed by atoms with E-state index in [0.717, 1.165) is 6.54 Å². The van der Waals surface area contributed by atoms with Crippen LogP contribution >= 0.6 is 0 Å². The van der Waals surface area contributed by atoms with Crippen molar-refractivity contribution in [2.75, 3.05) is 13.1 Å². The van der Waals surface area contributed by atoms with Crippen LogP contribution in [0, 0.1) is 0 Å². The van der Waals surface area contributed by atoms with Crippen molar-refractivity contribution in [3.63, 3.8) is 0 Å². The van der Waals surface area contributed by atoms with Gasteiger partial charge in [0.15, 0.2) is 17.1 Å². The number of nitrogens with one attached hydrogen (secondary N) is 2. The Morgan fingerprint density at radius 1 is 1.42 bits per heavy atom. The minimum absolute atomic E-state index is 0.00604. The lowest BCUT2D eigenvalue weighted by molar-refractivity contribution is 0.0942. The highest BCUT2D eigenvalue weighted by Crippen LogP contribution is 2.21. The average Bonchev–Trinajstić information content (AvgIpc) is 3.28. The lowest BCUT2D eigenvalue weighted by atomic mass is 10.2. The van der Waals surface area contributed by atoms with Crippen LogP contribution in [0.4, 0.5) is 0 Å². The van der Waals surface area contributed by atoms with Crippen LogP contribution in [-0.2, 0) is 0 Å². The first-order valence-electron chi connectivity index (χ1n) is 8.24. The molecule has 3 rings (SSSR count). The van der Waals surface area contributed by atoms with E-state index < -0.39 is 5.91 Å². The van der Waals surface area contributed by atoms with Gasteiger partial charge in [0, 0.05) is 12.6 Å². The van der Waals surface area contributed by atoms with E-state index in [1.54, 1.807) is 18.2 Å². The third kappa shape index (κ3) is 3.42. The Morgan fingerprint density at radius 3 is 2.88 bits per heavy atom. The summed E-state index contributed by atoms with van der Waals surface area (Å²) >= 11 is 0. The number of furan rings is 1. The number of aromatic nitrogens is 3. The van der Waals surface area contributed by atoms with Gasteiger partial charge in [0.2, 0.25) is 0 Å². The number of hydrogen-bond donors (Lipinski definition) is 3. The van der Waals surface area contributed by atoms with E-state index >= 15 is 0 Å². The summed E-state index contributed by atoms with van der Waals surface area (Å²) in [5.74, 6) is -0.564. The van der Waals surface area contributed by atoms with Crippen LogP contribution in [0.25, 0.3) is 17.1 Å². The molecule has 3 heterocycles. The van der Waals surface area contributed by atoms with E-state index in [4.69, 9.17) is 10.2 Å². The van der Waals surface area contributed by atoms with E-state index in [2.05, 4.69) is 20.6 Å². The summed E-state index contributed by atoms with van der Waals surface area (Å²) in [7, 11) is 0. The van der Waals surface area contributed by atoms with Crippen molar-refractivity contribution < 1.29 is 14.0 Å². The van der Waals surface area contributed by atoms with Crippen molar-refractivity contribution in [2.45, 2.75) is 19.9 Å². The standard InChI is InChI=1S/C17H20N6O3/c1-3-19-10(2)8-20-17(25)12-7-11(13-5-4-6-26-13)22-16-14(15(18)24)21-9-23(12)16/h4-7,9-10,19H,3,8H2,1-2H3,(H2,18,24)(H,20,25)/t10-/m1/s1. The van der Waals surface area contributed by atoms with Crippen LogP contribution in [-0.4, -0.2) is 45.3 Å². The lowest BCUT2D eigenvalue weighted by Crippen LogP contribution is -2.39. The third-order valence-electron chi connectivity index (χ3n) is 3.86. The first kappa shape index (κ1) is 17.6. The molecule has 0 aliphatic rings. The smallest absolute Gasteiger partial charge is 0.271 e. The van der Waals surface area contributed by atoms with Crippen molar-refractivity contribution in [3.8, 4) is 11.5 Å². The third-order valence-corrected chi connectivity index (χ3v) is 3.86. The van der Waals surface area contributed by atoms with E-state index in [0.29, 0.717) is 18.0 Å². The second-order valence-electron chi connectivity index (χ2n) is 5.82. The molecule has 0 aliphatic carbocycles. The van der Waals surface area contributed by atoms with Crippen LogP contribution in [0.2, 0.25) is 0 Å². The highest BCUT2D eigenvalue weighted by Gasteiger charge is 2.20. The number of imidazole rings is 1. The molecule has 3 aromatic rings. The highest BCUT2D eigenvalue weighted by molar-refractivity contribution is 5.99. The van der Waals surface area contributed by atoms with Gasteiger partial charge in [0.25, 0.3) is 11.8 Å². The SMILES string of the molecule is CCN[C@H](C)CNC(=O)c1cc(-c2ccco2)nc2c(C(N)=O)ncn12. The van der Waals surface area contributed by atoms with E-state index in [1.165, 1.54) is 17.0 Å². The van der Waals surface area contributed by atoms with E-state index in [9.17, 15) is 9.59 Å². The number of likely N-dealkylation sites (N-methyl/N-ethyl adjacent to an activating group) is 1. The average molecular weight is 356 g/mol. The minimum Gasteiger partial charge on any atom is -0.463 e. The molecule has 0 saturated heterocycles. The first-order chi connectivity index (χ1) is 12.5. The predicted molar refractivity (Wildman–Crippen MR) is 94.7 cm³/mol. The molecule has 0 saturated carbocycles. The largest absolute Gasteiger partial charge is 0.463 e. The fraction of sp³-hybridized carbons (Fsp3) is 0.294. The molecular formula is C17H20N6O3. The Hall–Kier alpha value is -3.20. The molecule has 2 amide bonds. The van der Waals surface area contributed by atoms with Gasteiger partial charge in [-0.3, -0.25) is 14.0 Å². The molecule has 0 aromatic carbocycles. The van der Waals surface area contributed by atoms with E-state index in [1.807, 2.05) is 13.8 Å². The van der Waals surface area contributed by atoms with Gasteiger partial charge in [0.05, 0.1) is 6.26 Å². The van der Waals surface area contributed by atoms with Gasteiger partial charge in [0.1, 0.15) is 17.7 Å². The topological polar surface area (TPSA) is 128 Å². The molecule has 3 aromatic heterocycles. The molecule has 0 radical (unpaired) electrons. The second-order valence-corrected chi connectivity index (χ2v) is 5.82. The Bertz CT molecular complexity index is 932. The molecule has 9 nitrogen and oxygen atoms in total. The fourth-order valence-electron chi connectivity index (χ4n) is 2.63. The van der Waals surface area contributed by atoms with Gasteiger partial charge in [-0.15, -0.1) is 0 Å². The van der Waals surface area contributed by atoms with Crippen LogP contribution in [0.1, 0.15) is 34.8 Å². The molecule has 26 heavy (non-hydrogen) atoms. The summed E-state index contributed by atoms with van der Waals surface area (Å²) < 4.78 is 6.80. The zero-order valence-electron chi connectivity index (χ0n) is 14.5. The summed E-state index contributed by atoms with van der Waals surface area (Å²) in [5, 5.41) is 6.08. The normalized spacial score (nSPS) is 12.2. The van der Waals surface area contributed by atoms with E-state index in [-0.39, 0.29) is 29.0 Å². The van der Waals surface area contributed by atoms with Gasteiger partial charge >= 0.3 is 0 Å². The maximum absolute atomic E-state index is 12.7. The zero-order valence-corrected chi connectivity index (χ0v) is 14.5. The van der Waals surface area contributed by atoms with Gasteiger partial charge in [-0.1, -0.05) is 6.92 Å². The molecule has 0 aliphatic heterocycles. The Morgan fingerprint density at radius 2 is 2.23 bits per heavy atom. The van der Waals surface area contributed by atoms with Gasteiger partial charge < -0.3 is 20.8 Å². The van der Waals surface area contributed by atoms with Gasteiger partial charge in [-0.05, 0) is 31.7 Å². The maximum atomic E-state index is 12.7. The minimum atomic E-state index is -0.719. The molecule has 0 unspecified atom stereocenters. The lowest BCUT2D eigenvalue weighted by Gasteiger charge is -2.14. The predicted octanol–water partition coefficient (Wildman–Crippen LogP) is 0.816. The van der Waals surface area contributed by atoms with Crippen LogP contribution < -0.4 is 16.4 Å². The molecule has 1 atom stereocenters. The Kier molecular flexibility index (Phi) is 4.99. The number of nitrogens with zero attached hydrogens (tertiary/aromatic N) is 3. The number of carbonyl (C=O) groups excluding carboxylic acids is 2. The van der Waals surface area contributed by atoms with Crippen molar-refractivity contribution in [1.82, 2.24) is 25.0 Å². The van der Waals surface area contributed by atoms with Crippen LogP contribution in [0.3, 0.4) is 0 Å². The van der Waals surface area contributed by atoms with Crippen LogP contribution in [0.15, 0.2) is 35.2 Å².